The zero-order chi connectivity index (χ0) is 9.68. The number of rotatable bonds is 6. The summed E-state index contributed by atoms with van der Waals surface area (Å²) < 4.78 is 10.6. The van der Waals surface area contributed by atoms with Gasteiger partial charge in [0.05, 0.1) is 13.2 Å². The second kappa shape index (κ2) is 5.69. The lowest BCUT2D eigenvalue weighted by atomic mass is 9.87. The smallest absolute Gasteiger partial charge is 0.243 e. The van der Waals surface area contributed by atoms with Gasteiger partial charge in [-0.05, 0) is 26.7 Å². The van der Waals surface area contributed by atoms with Gasteiger partial charge >= 0.3 is 0 Å². The van der Waals surface area contributed by atoms with Crippen LogP contribution in [0.25, 0.3) is 0 Å². The second-order valence-corrected chi connectivity index (χ2v) is 4.53. The Balaban J connectivity index is 2.37. The molecule has 0 saturated heterocycles. The summed E-state index contributed by atoms with van der Waals surface area (Å²) in [6, 6.07) is 0. The van der Waals surface area contributed by atoms with Gasteiger partial charge in [0.25, 0.3) is 0 Å². The maximum absolute atomic E-state index is 11.7. The molecule has 3 nitrogen and oxygen atoms in total. The lowest BCUT2D eigenvalue weighted by Gasteiger charge is -2.26. The molecule has 0 atom stereocenters. The van der Waals surface area contributed by atoms with Crippen LogP contribution < -0.4 is 0 Å². The highest BCUT2D eigenvalue weighted by Crippen LogP contribution is 2.46. The maximum Gasteiger partial charge on any atom is 0.243 e. The Morgan fingerprint density at radius 3 is 2.15 bits per heavy atom. The molecule has 1 saturated carbocycles. The molecule has 4 heteroatoms. The summed E-state index contributed by atoms with van der Waals surface area (Å²) in [5.41, 5.74) is 0.199. The maximum atomic E-state index is 11.7. The summed E-state index contributed by atoms with van der Waals surface area (Å²) in [6.45, 7) is 4.90. The minimum absolute atomic E-state index is 0.199. The van der Waals surface area contributed by atoms with Crippen molar-refractivity contribution in [3.05, 3.63) is 0 Å². The van der Waals surface area contributed by atoms with Crippen LogP contribution in [0.1, 0.15) is 33.1 Å². The highest BCUT2D eigenvalue weighted by molar-refractivity contribution is 7.66. The van der Waals surface area contributed by atoms with Gasteiger partial charge in [-0.25, -0.2) is 0 Å². The Hall–Kier alpha value is 0.0200. The van der Waals surface area contributed by atoms with Crippen LogP contribution in [0.2, 0.25) is 0 Å². The zero-order valence-corrected chi connectivity index (χ0v) is 9.18. The van der Waals surface area contributed by atoms with E-state index < -0.39 is 8.38 Å². The van der Waals surface area contributed by atoms with E-state index in [4.69, 9.17) is 9.05 Å². The molecule has 0 aromatic heterocycles. The first-order chi connectivity index (χ1) is 6.29. The van der Waals surface area contributed by atoms with Crippen molar-refractivity contribution in [2.45, 2.75) is 33.1 Å². The Bertz CT molecular complexity index is 162. The predicted molar refractivity (Wildman–Crippen MR) is 52.5 cm³/mol. The van der Waals surface area contributed by atoms with Crippen LogP contribution in [0.3, 0.4) is 0 Å². The van der Waals surface area contributed by atoms with E-state index in [2.05, 4.69) is 0 Å². The van der Waals surface area contributed by atoms with Crippen molar-refractivity contribution < 1.29 is 13.8 Å². The Labute approximate surface area is 80.7 Å². The van der Waals surface area contributed by atoms with E-state index in [1.54, 1.807) is 0 Å². The van der Waals surface area contributed by atoms with E-state index in [0.717, 1.165) is 12.8 Å². The highest BCUT2D eigenvalue weighted by atomic mass is 31.2. The molecule has 0 aromatic carbocycles. The van der Waals surface area contributed by atoms with Gasteiger partial charge < -0.3 is 9.05 Å². The summed E-state index contributed by atoms with van der Waals surface area (Å²) in [4.78, 5) is 11.7. The number of carbonyl (C=O) groups is 1. The van der Waals surface area contributed by atoms with Gasteiger partial charge in [0.2, 0.25) is 13.9 Å². The first-order valence-electron chi connectivity index (χ1n) is 4.89. The molecule has 0 radical (unpaired) electrons. The normalized spacial score (nSPS) is 17.5. The van der Waals surface area contributed by atoms with Gasteiger partial charge in [-0.15, -0.1) is 0 Å². The van der Waals surface area contributed by atoms with E-state index in [0.29, 0.717) is 13.2 Å². The van der Waals surface area contributed by atoms with Gasteiger partial charge in [0, 0.05) is 5.92 Å². The first kappa shape index (κ1) is 11.1. The van der Waals surface area contributed by atoms with Gasteiger partial charge in [-0.3, -0.25) is 4.79 Å². The molecular formula is C9H17O3P. The summed E-state index contributed by atoms with van der Waals surface area (Å²) in [6.07, 6.45) is 3.23. The van der Waals surface area contributed by atoms with E-state index >= 15 is 0 Å². The van der Waals surface area contributed by atoms with Crippen LogP contribution in [0, 0.1) is 5.92 Å². The van der Waals surface area contributed by atoms with Crippen LogP contribution in [-0.2, 0) is 13.8 Å². The highest BCUT2D eigenvalue weighted by Gasteiger charge is 2.33. The quantitative estimate of drug-likeness (QED) is 0.624. The molecule has 0 aromatic rings. The van der Waals surface area contributed by atoms with Crippen molar-refractivity contribution in [1.82, 2.24) is 0 Å². The lowest BCUT2D eigenvalue weighted by molar-refractivity contribution is -0.118. The molecule has 0 heterocycles. The molecular weight excluding hydrogens is 187 g/mol. The summed E-state index contributed by atoms with van der Waals surface area (Å²) in [5, 5.41) is 0. The molecule has 76 valence electrons. The Kier molecular flexibility index (Phi) is 4.86. The topological polar surface area (TPSA) is 35.5 Å². The number of hydrogen-bond donors (Lipinski definition) is 0. The molecule has 1 rings (SSSR count). The van der Waals surface area contributed by atoms with Crippen LogP contribution in [-0.4, -0.2) is 18.7 Å². The number of carbonyl (C=O) groups excluding carboxylic acids is 1. The van der Waals surface area contributed by atoms with Crippen molar-refractivity contribution in [3.63, 3.8) is 0 Å². The third-order valence-electron chi connectivity index (χ3n) is 2.13. The molecule has 0 spiro atoms. The summed E-state index contributed by atoms with van der Waals surface area (Å²) in [5.74, 6) is 0.226. The Morgan fingerprint density at radius 2 is 1.85 bits per heavy atom. The standard InChI is InChI=1S/C9H17O3P/c1-3-11-13(12-4-2)9(10)8-6-5-7-8/h8H,3-7H2,1-2H3. The lowest BCUT2D eigenvalue weighted by Crippen LogP contribution is -2.21. The predicted octanol–water partition coefficient (Wildman–Crippen LogP) is 2.70. The average Bonchev–Trinajstić information content (AvgIpc) is 2.01. The SMILES string of the molecule is CCOP(OCC)C(=O)C1CCC1. The molecule has 0 N–H and O–H groups in total. The van der Waals surface area contributed by atoms with Gasteiger partial charge in [0.15, 0.2) is 0 Å². The van der Waals surface area contributed by atoms with Crippen molar-refractivity contribution in [1.29, 1.82) is 0 Å². The molecule has 0 bridgehead atoms. The van der Waals surface area contributed by atoms with Crippen molar-refractivity contribution in [2.24, 2.45) is 5.92 Å². The fourth-order valence-corrected chi connectivity index (χ4v) is 2.56. The minimum Gasteiger partial charge on any atom is -0.329 e. The minimum atomic E-state index is -1.25. The van der Waals surface area contributed by atoms with E-state index in [-0.39, 0.29) is 11.4 Å². The third kappa shape index (κ3) is 3.01. The van der Waals surface area contributed by atoms with Crippen molar-refractivity contribution >= 4 is 13.9 Å². The number of hydrogen-bond acceptors (Lipinski definition) is 3. The van der Waals surface area contributed by atoms with Crippen LogP contribution in [0.15, 0.2) is 0 Å². The Morgan fingerprint density at radius 1 is 1.31 bits per heavy atom. The first-order valence-corrected chi connectivity index (χ1v) is 6.07. The largest absolute Gasteiger partial charge is 0.329 e. The fourth-order valence-electron chi connectivity index (χ4n) is 1.20. The molecule has 1 aliphatic carbocycles. The summed E-state index contributed by atoms with van der Waals surface area (Å²) >= 11 is 0. The van der Waals surface area contributed by atoms with Crippen molar-refractivity contribution in [2.75, 3.05) is 13.2 Å². The van der Waals surface area contributed by atoms with E-state index in [9.17, 15) is 4.79 Å². The van der Waals surface area contributed by atoms with Gasteiger partial charge in [-0.2, -0.15) is 0 Å². The second-order valence-electron chi connectivity index (χ2n) is 3.06. The molecule has 1 fully saturated rings. The molecule has 0 amide bonds. The third-order valence-corrected chi connectivity index (χ3v) is 3.84. The fraction of sp³-hybridized carbons (Fsp3) is 0.889. The van der Waals surface area contributed by atoms with Crippen LogP contribution in [0.4, 0.5) is 0 Å². The zero-order valence-electron chi connectivity index (χ0n) is 8.28. The summed E-state index contributed by atoms with van der Waals surface area (Å²) in [7, 11) is -1.25. The molecule has 1 aliphatic rings. The van der Waals surface area contributed by atoms with E-state index in [1.807, 2.05) is 13.8 Å². The van der Waals surface area contributed by atoms with E-state index in [1.165, 1.54) is 6.42 Å². The van der Waals surface area contributed by atoms with Gasteiger partial charge in [0.1, 0.15) is 0 Å². The van der Waals surface area contributed by atoms with Crippen molar-refractivity contribution in [3.8, 4) is 0 Å². The average molecular weight is 204 g/mol. The molecule has 13 heavy (non-hydrogen) atoms. The monoisotopic (exact) mass is 204 g/mol. The molecule has 0 aliphatic heterocycles. The van der Waals surface area contributed by atoms with Crippen LogP contribution >= 0.6 is 8.38 Å². The van der Waals surface area contributed by atoms with Crippen LogP contribution in [0.5, 0.6) is 0 Å². The molecule has 0 unspecified atom stereocenters. The van der Waals surface area contributed by atoms with Gasteiger partial charge in [-0.1, -0.05) is 6.42 Å².